The predicted molar refractivity (Wildman–Crippen MR) is 68.6 cm³/mol. The Morgan fingerprint density at radius 1 is 1.40 bits per heavy atom. The fourth-order valence-corrected chi connectivity index (χ4v) is 1.99. The van der Waals surface area contributed by atoms with Crippen LogP contribution >= 0.6 is 0 Å². The molecule has 0 fully saturated rings. The van der Waals surface area contributed by atoms with Gasteiger partial charge >= 0.3 is 5.97 Å². The van der Waals surface area contributed by atoms with Crippen LogP contribution in [0.5, 0.6) is 11.5 Å². The molecular formula is C14H12N2O4. The summed E-state index contributed by atoms with van der Waals surface area (Å²) in [4.78, 5) is 19.0. The molecule has 20 heavy (non-hydrogen) atoms. The number of ether oxygens (including phenoxy) is 2. The lowest BCUT2D eigenvalue weighted by atomic mass is 10.1. The smallest absolute Gasteiger partial charge is 0.345 e. The largest absolute Gasteiger partial charge is 0.485 e. The number of hydrogen-bond donors (Lipinski definition) is 1. The monoisotopic (exact) mass is 272 g/mol. The van der Waals surface area contributed by atoms with Crippen molar-refractivity contribution in [3.8, 4) is 11.5 Å². The Kier molecular flexibility index (Phi) is 3.20. The molecule has 2 aromatic rings. The molecule has 0 saturated carbocycles. The molecule has 6 heteroatoms. The number of nitrogens with zero attached hydrogens (tertiary/aromatic N) is 2. The van der Waals surface area contributed by atoms with E-state index in [-0.39, 0.29) is 6.61 Å². The number of carbonyl (C=O) groups is 1. The first-order chi connectivity index (χ1) is 9.72. The normalized spacial score (nSPS) is 16.3. The second-order valence-corrected chi connectivity index (χ2v) is 4.37. The number of benzene rings is 1. The van der Waals surface area contributed by atoms with E-state index in [1.54, 1.807) is 30.6 Å². The summed E-state index contributed by atoms with van der Waals surface area (Å²) in [5, 5.41) is 8.93. The van der Waals surface area contributed by atoms with E-state index >= 15 is 0 Å². The van der Waals surface area contributed by atoms with Gasteiger partial charge in [-0.05, 0) is 17.7 Å². The number of hydrogen-bond acceptors (Lipinski definition) is 5. The fourth-order valence-electron chi connectivity index (χ4n) is 1.99. The number of carboxylic acid groups (broad SMARTS) is 1. The average Bonchev–Trinajstić information content (AvgIpc) is 2.89. The number of rotatable bonds is 4. The minimum atomic E-state index is -0.957. The summed E-state index contributed by atoms with van der Waals surface area (Å²) in [6.45, 7) is 0.252. The molecule has 1 N–H and O–H groups in total. The van der Waals surface area contributed by atoms with E-state index < -0.39 is 12.1 Å². The number of aromatic nitrogens is 2. The van der Waals surface area contributed by atoms with Crippen LogP contribution in [0.2, 0.25) is 0 Å². The predicted octanol–water partition coefficient (Wildman–Crippen LogP) is 1.44. The molecule has 1 aromatic heterocycles. The molecule has 3 rings (SSSR count). The Balaban J connectivity index is 1.68. The van der Waals surface area contributed by atoms with Crippen molar-refractivity contribution in [1.82, 2.24) is 9.97 Å². The number of aliphatic carboxylic acids is 1. The van der Waals surface area contributed by atoms with Gasteiger partial charge in [0.25, 0.3) is 0 Å². The van der Waals surface area contributed by atoms with Crippen molar-refractivity contribution in [2.75, 3.05) is 0 Å². The summed E-state index contributed by atoms with van der Waals surface area (Å²) < 4.78 is 10.9. The SMILES string of the molecule is O=C(O)C1Cc2ccc(OCc3ncccn3)cc2O1. The minimum Gasteiger partial charge on any atom is -0.485 e. The molecule has 0 radical (unpaired) electrons. The Morgan fingerprint density at radius 3 is 2.95 bits per heavy atom. The van der Waals surface area contributed by atoms with Gasteiger partial charge in [0.2, 0.25) is 0 Å². The van der Waals surface area contributed by atoms with E-state index in [0.29, 0.717) is 23.7 Å². The van der Waals surface area contributed by atoms with Crippen molar-refractivity contribution < 1.29 is 19.4 Å². The van der Waals surface area contributed by atoms with E-state index in [1.807, 2.05) is 6.07 Å². The highest BCUT2D eigenvalue weighted by Gasteiger charge is 2.28. The van der Waals surface area contributed by atoms with E-state index in [0.717, 1.165) is 5.56 Å². The first-order valence-corrected chi connectivity index (χ1v) is 6.13. The molecule has 0 saturated heterocycles. The molecule has 0 spiro atoms. The first kappa shape index (κ1) is 12.4. The van der Waals surface area contributed by atoms with Gasteiger partial charge in [-0.2, -0.15) is 0 Å². The molecule has 1 aromatic carbocycles. The van der Waals surface area contributed by atoms with Gasteiger partial charge in [-0.3, -0.25) is 0 Å². The maximum atomic E-state index is 10.9. The highest BCUT2D eigenvalue weighted by Crippen LogP contribution is 2.32. The maximum Gasteiger partial charge on any atom is 0.345 e. The van der Waals surface area contributed by atoms with Gasteiger partial charge in [0.05, 0.1) is 0 Å². The molecule has 0 bridgehead atoms. The van der Waals surface area contributed by atoms with Crippen molar-refractivity contribution in [3.63, 3.8) is 0 Å². The zero-order chi connectivity index (χ0) is 13.9. The third-order valence-corrected chi connectivity index (χ3v) is 2.98. The van der Waals surface area contributed by atoms with E-state index in [2.05, 4.69) is 9.97 Å². The number of carboxylic acids is 1. The standard InChI is InChI=1S/C14H12N2O4/c17-14(18)12-6-9-2-3-10(7-11(9)20-12)19-8-13-15-4-1-5-16-13/h1-5,7,12H,6,8H2,(H,17,18). The Morgan fingerprint density at radius 2 is 2.20 bits per heavy atom. The van der Waals surface area contributed by atoms with Crippen LogP contribution in [-0.4, -0.2) is 27.1 Å². The first-order valence-electron chi connectivity index (χ1n) is 6.13. The van der Waals surface area contributed by atoms with Crippen molar-refractivity contribution in [2.45, 2.75) is 19.1 Å². The fraction of sp³-hybridized carbons (Fsp3) is 0.214. The van der Waals surface area contributed by atoms with Gasteiger partial charge in [0.1, 0.15) is 18.1 Å². The lowest BCUT2D eigenvalue weighted by molar-refractivity contribution is -0.144. The van der Waals surface area contributed by atoms with Crippen LogP contribution < -0.4 is 9.47 Å². The molecule has 1 aliphatic rings. The molecule has 1 aliphatic heterocycles. The summed E-state index contributed by atoms with van der Waals surface area (Å²) in [6, 6.07) is 7.04. The van der Waals surface area contributed by atoms with Crippen LogP contribution in [0, 0.1) is 0 Å². The summed E-state index contributed by atoms with van der Waals surface area (Å²) in [5.74, 6) is 0.782. The number of fused-ring (bicyclic) bond motifs is 1. The quantitative estimate of drug-likeness (QED) is 0.907. The average molecular weight is 272 g/mol. The van der Waals surface area contributed by atoms with Gasteiger partial charge in [0.15, 0.2) is 11.9 Å². The third kappa shape index (κ3) is 2.54. The van der Waals surface area contributed by atoms with Crippen LogP contribution in [0.25, 0.3) is 0 Å². The summed E-state index contributed by atoms with van der Waals surface area (Å²) in [7, 11) is 0. The molecular weight excluding hydrogens is 260 g/mol. The van der Waals surface area contributed by atoms with Crippen LogP contribution in [-0.2, 0) is 17.8 Å². The lowest BCUT2D eigenvalue weighted by Gasteiger charge is -2.07. The summed E-state index contributed by atoms with van der Waals surface area (Å²) in [5.41, 5.74) is 0.876. The van der Waals surface area contributed by atoms with Gasteiger partial charge in [-0.15, -0.1) is 0 Å². The van der Waals surface area contributed by atoms with Crippen LogP contribution in [0.1, 0.15) is 11.4 Å². The minimum absolute atomic E-state index is 0.252. The van der Waals surface area contributed by atoms with Crippen molar-refractivity contribution in [3.05, 3.63) is 48.0 Å². The Bertz CT molecular complexity index is 630. The molecule has 102 valence electrons. The highest BCUT2D eigenvalue weighted by molar-refractivity contribution is 5.74. The van der Waals surface area contributed by atoms with E-state index in [1.165, 1.54) is 0 Å². The third-order valence-electron chi connectivity index (χ3n) is 2.98. The molecule has 1 atom stereocenters. The Labute approximate surface area is 115 Å². The summed E-state index contributed by atoms with van der Waals surface area (Å²) >= 11 is 0. The molecule has 1 unspecified atom stereocenters. The van der Waals surface area contributed by atoms with Crippen LogP contribution in [0.3, 0.4) is 0 Å². The second-order valence-electron chi connectivity index (χ2n) is 4.37. The molecule has 0 aliphatic carbocycles. The topological polar surface area (TPSA) is 81.5 Å². The highest BCUT2D eigenvalue weighted by atomic mass is 16.5. The van der Waals surface area contributed by atoms with Gasteiger partial charge in [-0.25, -0.2) is 14.8 Å². The van der Waals surface area contributed by atoms with Crippen molar-refractivity contribution >= 4 is 5.97 Å². The molecule has 2 heterocycles. The van der Waals surface area contributed by atoms with Gasteiger partial charge in [0, 0.05) is 24.9 Å². The molecule has 6 nitrogen and oxygen atoms in total. The Hall–Kier alpha value is -2.63. The summed E-state index contributed by atoms with van der Waals surface area (Å²) in [6.07, 6.45) is 2.87. The lowest BCUT2D eigenvalue weighted by Crippen LogP contribution is -2.24. The van der Waals surface area contributed by atoms with Crippen molar-refractivity contribution in [1.29, 1.82) is 0 Å². The van der Waals surface area contributed by atoms with Crippen LogP contribution in [0.4, 0.5) is 0 Å². The van der Waals surface area contributed by atoms with E-state index in [4.69, 9.17) is 14.6 Å². The van der Waals surface area contributed by atoms with Crippen LogP contribution in [0.15, 0.2) is 36.7 Å². The maximum absolute atomic E-state index is 10.9. The zero-order valence-corrected chi connectivity index (χ0v) is 10.5. The molecule has 0 amide bonds. The van der Waals surface area contributed by atoms with E-state index in [9.17, 15) is 4.79 Å². The van der Waals surface area contributed by atoms with Gasteiger partial charge in [-0.1, -0.05) is 6.07 Å². The van der Waals surface area contributed by atoms with Gasteiger partial charge < -0.3 is 14.6 Å². The van der Waals surface area contributed by atoms with Crippen molar-refractivity contribution in [2.24, 2.45) is 0 Å². The zero-order valence-electron chi connectivity index (χ0n) is 10.5. The second kappa shape index (κ2) is 5.16.